The highest BCUT2D eigenvalue weighted by Crippen LogP contribution is 2.29. The number of nitrogens with zero attached hydrogens (tertiary/aromatic N) is 1. The number of nitrogens with one attached hydrogen (secondary N) is 6. The largest absolute Gasteiger partial charge is 0.426 e. The third-order valence-electron chi connectivity index (χ3n) is 8.07. The van der Waals surface area contributed by atoms with Crippen LogP contribution in [0.25, 0.3) is 0 Å². The molecule has 1 aliphatic heterocycles. The lowest BCUT2D eigenvalue weighted by molar-refractivity contribution is -0.142. The van der Waals surface area contributed by atoms with Gasteiger partial charge in [-0.05, 0) is 37.5 Å². The van der Waals surface area contributed by atoms with Gasteiger partial charge in [-0.25, -0.2) is 15.1 Å². The number of amides is 5. The lowest BCUT2D eigenvalue weighted by Crippen LogP contribution is -2.63. The summed E-state index contributed by atoms with van der Waals surface area (Å²) >= 11 is 0. The average Bonchev–Trinajstić information content (AvgIpc) is 3.60. The number of carbonyl (C=O) groups is 4. The molecule has 240 valence electrons. The van der Waals surface area contributed by atoms with Gasteiger partial charge in [0.1, 0.15) is 12.1 Å². The summed E-state index contributed by atoms with van der Waals surface area (Å²) in [6.07, 6.45) is 7.58. The lowest BCUT2D eigenvalue weighted by Gasteiger charge is -2.39. The maximum atomic E-state index is 13.9. The number of hydrogen-bond donors (Lipinski definition) is 6. The van der Waals surface area contributed by atoms with Crippen molar-refractivity contribution in [1.82, 2.24) is 37.0 Å². The van der Waals surface area contributed by atoms with E-state index in [0.717, 1.165) is 64.3 Å². The maximum Gasteiger partial charge on any atom is 0.409 e. The topological polar surface area (TPSA) is 162 Å². The molecule has 3 rings (SSSR count). The van der Waals surface area contributed by atoms with Crippen LogP contribution in [0, 0.1) is 5.41 Å². The molecular formula is C29H53N7O6. The number of alkyl carbamates (subject to hydrolysis) is 1. The van der Waals surface area contributed by atoms with Gasteiger partial charge in [-0.1, -0.05) is 60.3 Å². The summed E-state index contributed by atoms with van der Waals surface area (Å²) in [6, 6.07) is -2.00. The number of hydrogen-bond acceptors (Lipinski definition) is 8. The molecule has 0 radical (unpaired) electrons. The second-order valence-electron chi connectivity index (χ2n) is 12.9. The molecule has 42 heavy (non-hydrogen) atoms. The molecule has 6 N–H and O–H groups in total. The van der Waals surface area contributed by atoms with Gasteiger partial charge in [0.05, 0.1) is 18.8 Å². The molecule has 0 aromatic heterocycles. The lowest BCUT2D eigenvalue weighted by atomic mass is 9.82. The smallest absolute Gasteiger partial charge is 0.409 e. The van der Waals surface area contributed by atoms with Crippen molar-refractivity contribution in [1.29, 1.82) is 0 Å². The molecule has 0 aromatic carbocycles. The quantitative estimate of drug-likeness (QED) is 0.101. The maximum absolute atomic E-state index is 13.9. The number of urea groups is 1. The fourth-order valence-corrected chi connectivity index (χ4v) is 5.30. The van der Waals surface area contributed by atoms with E-state index in [-0.39, 0.29) is 25.2 Å². The monoisotopic (exact) mass is 595 g/mol. The summed E-state index contributed by atoms with van der Waals surface area (Å²) < 4.78 is 5.37. The SMILES string of the molecule is CCCCNOCC1(NC(=O)NC(C(=O)N2CNC[C@H]2C(=O)NC(CC)OC(=O)NC2CC2)C(C)(C)C)CCCCC1. The summed E-state index contributed by atoms with van der Waals surface area (Å²) in [6.45, 7) is 11.1. The van der Waals surface area contributed by atoms with E-state index in [2.05, 4.69) is 39.0 Å². The van der Waals surface area contributed by atoms with E-state index in [4.69, 9.17) is 9.57 Å². The molecule has 1 saturated heterocycles. The first-order valence-corrected chi connectivity index (χ1v) is 15.7. The van der Waals surface area contributed by atoms with Crippen LogP contribution in [0.15, 0.2) is 0 Å². The highest BCUT2D eigenvalue weighted by atomic mass is 16.6. The van der Waals surface area contributed by atoms with E-state index in [1.165, 1.54) is 4.90 Å². The molecule has 0 spiro atoms. The first-order chi connectivity index (χ1) is 20.0. The third kappa shape index (κ3) is 10.3. The van der Waals surface area contributed by atoms with E-state index >= 15 is 0 Å². The van der Waals surface area contributed by atoms with Crippen LogP contribution in [-0.2, 0) is 19.2 Å². The van der Waals surface area contributed by atoms with Crippen molar-refractivity contribution in [2.75, 3.05) is 26.4 Å². The minimum atomic E-state index is -0.889. The van der Waals surface area contributed by atoms with Crippen molar-refractivity contribution in [2.45, 2.75) is 129 Å². The molecular weight excluding hydrogens is 542 g/mol. The normalized spacial score (nSPS) is 21.6. The number of rotatable bonds is 14. The van der Waals surface area contributed by atoms with Gasteiger partial charge in [0.25, 0.3) is 0 Å². The number of ether oxygens (including phenoxy) is 1. The Kier molecular flexibility index (Phi) is 12.7. The first-order valence-electron chi connectivity index (χ1n) is 15.7. The van der Waals surface area contributed by atoms with Crippen LogP contribution >= 0.6 is 0 Å². The predicted octanol–water partition coefficient (Wildman–Crippen LogP) is 2.22. The zero-order valence-corrected chi connectivity index (χ0v) is 26.1. The van der Waals surface area contributed by atoms with Crippen LogP contribution in [0.2, 0.25) is 0 Å². The van der Waals surface area contributed by atoms with Gasteiger partial charge in [-0.15, -0.1) is 0 Å². The first kappa shape index (κ1) is 33.9. The molecule has 3 aliphatic rings. The van der Waals surface area contributed by atoms with Gasteiger partial charge in [0, 0.05) is 25.6 Å². The summed E-state index contributed by atoms with van der Waals surface area (Å²) in [5, 5.41) is 14.7. The Labute approximate surface area is 250 Å². The molecule has 2 saturated carbocycles. The third-order valence-corrected chi connectivity index (χ3v) is 8.07. The molecule has 2 aliphatic carbocycles. The van der Waals surface area contributed by atoms with Crippen LogP contribution in [0.4, 0.5) is 9.59 Å². The Morgan fingerprint density at radius 2 is 1.76 bits per heavy atom. The number of hydroxylamine groups is 1. The van der Waals surface area contributed by atoms with Gasteiger partial charge >= 0.3 is 12.1 Å². The highest BCUT2D eigenvalue weighted by molar-refractivity contribution is 5.93. The molecule has 13 heteroatoms. The Morgan fingerprint density at radius 3 is 2.38 bits per heavy atom. The average molecular weight is 596 g/mol. The van der Waals surface area contributed by atoms with Crippen molar-refractivity contribution in [2.24, 2.45) is 5.41 Å². The summed E-state index contributed by atoms with van der Waals surface area (Å²) in [7, 11) is 0. The van der Waals surface area contributed by atoms with Gasteiger partial charge in [-0.3, -0.25) is 19.7 Å². The Hall–Kier alpha value is -2.64. The minimum Gasteiger partial charge on any atom is -0.426 e. The molecule has 13 nitrogen and oxygen atoms in total. The predicted molar refractivity (Wildman–Crippen MR) is 158 cm³/mol. The zero-order valence-electron chi connectivity index (χ0n) is 26.1. The van der Waals surface area contributed by atoms with Crippen LogP contribution in [0.3, 0.4) is 0 Å². The van der Waals surface area contributed by atoms with Crippen molar-refractivity contribution in [3.05, 3.63) is 0 Å². The molecule has 2 unspecified atom stereocenters. The highest BCUT2D eigenvalue weighted by Gasteiger charge is 2.43. The fraction of sp³-hybridized carbons (Fsp3) is 0.862. The van der Waals surface area contributed by atoms with Crippen LogP contribution in [0.1, 0.15) is 98.8 Å². The Morgan fingerprint density at radius 1 is 1.05 bits per heavy atom. The minimum absolute atomic E-state index is 0.139. The van der Waals surface area contributed by atoms with Gasteiger partial charge in [0.15, 0.2) is 6.23 Å². The van der Waals surface area contributed by atoms with E-state index in [1.54, 1.807) is 6.92 Å². The number of carbonyl (C=O) groups excluding carboxylic acids is 4. The Balaban J connectivity index is 1.62. The molecule has 0 aromatic rings. The molecule has 5 amide bonds. The summed E-state index contributed by atoms with van der Waals surface area (Å²) in [5.74, 6) is -0.788. The van der Waals surface area contributed by atoms with Crippen LogP contribution in [0.5, 0.6) is 0 Å². The standard InChI is InChI=1S/C29H53N7O6/c1-6-8-16-31-41-18-29(14-10-9-11-15-29)35-26(39)34-23(28(3,4)5)25(38)36-19-30-17-21(36)24(37)33-22(7-2)42-27(40)32-20-12-13-20/h20-23,30-31H,6-19H2,1-5H3,(H,32,40)(H,33,37)(H2,34,35,39)/t21-,22?,23?/m0/s1. The Bertz CT molecular complexity index is 917. The van der Waals surface area contributed by atoms with E-state index in [0.29, 0.717) is 13.0 Å². The van der Waals surface area contributed by atoms with E-state index in [1.807, 2.05) is 20.8 Å². The van der Waals surface area contributed by atoms with Crippen molar-refractivity contribution in [3.63, 3.8) is 0 Å². The molecule has 1 heterocycles. The van der Waals surface area contributed by atoms with Crippen LogP contribution in [-0.4, -0.2) is 85.1 Å². The van der Waals surface area contributed by atoms with E-state index in [9.17, 15) is 19.2 Å². The van der Waals surface area contributed by atoms with Gasteiger partial charge in [0.2, 0.25) is 11.8 Å². The molecule has 0 bridgehead atoms. The molecule has 3 atom stereocenters. The zero-order chi connectivity index (χ0) is 30.8. The van der Waals surface area contributed by atoms with Crippen LogP contribution < -0.4 is 32.1 Å². The summed E-state index contributed by atoms with van der Waals surface area (Å²) in [4.78, 5) is 59.8. The van der Waals surface area contributed by atoms with Crippen molar-refractivity contribution >= 4 is 23.9 Å². The van der Waals surface area contributed by atoms with Crippen molar-refractivity contribution in [3.8, 4) is 0 Å². The van der Waals surface area contributed by atoms with Crippen molar-refractivity contribution < 1.29 is 28.8 Å². The van der Waals surface area contributed by atoms with Gasteiger partial charge < -0.3 is 30.9 Å². The fourth-order valence-electron chi connectivity index (χ4n) is 5.30. The molecule has 3 fully saturated rings. The van der Waals surface area contributed by atoms with E-state index < -0.39 is 47.3 Å². The second-order valence-corrected chi connectivity index (χ2v) is 12.9. The second kappa shape index (κ2) is 15.7. The number of unbranched alkanes of at least 4 members (excludes halogenated alkanes) is 1. The summed E-state index contributed by atoms with van der Waals surface area (Å²) in [5.41, 5.74) is 1.84. The van der Waals surface area contributed by atoms with Gasteiger partial charge in [-0.2, -0.15) is 0 Å².